The van der Waals surface area contributed by atoms with E-state index < -0.39 is 0 Å². The Hall–Kier alpha value is -1.10. The van der Waals surface area contributed by atoms with E-state index in [0.717, 1.165) is 32.1 Å². The number of nitrogens with one attached hydrogen (secondary N) is 1. The monoisotopic (exact) mass is 312 g/mol. The molecule has 1 aromatic carbocycles. The quantitative estimate of drug-likeness (QED) is 0.847. The molecule has 0 unspecified atom stereocenters. The van der Waals surface area contributed by atoms with Crippen molar-refractivity contribution in [1.29, 1.82) is 0 Å². The SMILES string of the molecule is CNCC1CCN(Cc2cccc(C(=O)OC)c2)CC1.Cl. The Bertz CT molecular complexity index is 446. The summed E-state index contributed by atoms with van der Waals surface area (Å²) in [4.78, 5) is 14.0. The Morgan fingerprint density at radius 1 is 1.38 bits per heavy atom. The van der Waals surface area contributed by atoms with Crippen LogP contribution in [0.3, 0.4) is 0 Å². The molecule has 1 N–H and O–H groups in total. The van der Waals surface area contributed by atoms with Crippen LogP contribution in [-0.4, -0.2) is 44.7 Å². The molecule has 1 aliphatic heterocycles. The minimum absolute atomic E-state index is 0. The fourth-order valence-corrected chi connectivity index (χ4v) is 2.81. The molecule has 1 saturated heterocycles. The summed E-state index contributed by atoms with van der Waals surface area (Å²) in [5, 5.41) is 3.26. The molecule has 5 heteroatoms. The molecule has 0 bridgehead atoms. The Kier molecular flexibility index (Phi) is 7.72. The molecule has 0 aliphatic carbocycles. The summed E-state index contributed by atoms with van der Waals surface area (Å²) >= 11 is 0. The molecule has 0 aromatic heterocycles. The molecule has 1 fully saturated rings. The number of nitrogens with zero attached hydrogens (tertiary/aromatic N) is 1. The lowest BCUT2D eigenvalue weighted by molar-refractivity contribution is 0.0600. The third kappa shape index (κ3) is 5.30. The number of carbonyl (C=O) groups is 1. The lowest BCUT2D eigenvalue weighted by atomic mass is 9.96. The number of esters is 1. The van der Waals surface area contributed by atoms with Crippen LogP contribution < -0.4 is 5.32 Å². The fourth-order valence-electron chi connectivity index (χ4n) is 2.81. The van der Waals surface area contributed by atoms with Gasteiger partial charge in [0.2, 0.25) is 0 Å². The number of likely N-dealkylation sites (tertiary alicyclic amines) is 1. The number of hydrogen-bond donors (Lipinski definition) is 1. The highest BCUT2D eigenvalue weighted by atomic mass is 35.5. The van der Waals surface area contributed by atoms with E-state index in [0.29, 0.717) is 5.56 Å². The predicted molar refractivity (Wildman–Crippen MR) is 87.0 cm³/mol. The first-order valence-electron chi connectivity index (χ1n) is 7.27. The lowest BCUT2D eigenvalue weighted by Gasteiger charge is -2.31. The maximum absolute atomic E-state index is 11.5. The zero-order valence-corrected chi connectivity index (χ0v) is 13.6. The first kappa shape index (κ1) is 18.0. The second kappa shape index (κ2) is 9.03. The molecule has 0 radical (unpaired) electrons. The Morgan fingerprint density at radius 3 is 2.71 bits per heavy atom. The van der Waals surface area contributed by atoms with Crippen LogP contribution in [0.25, 0.3) is 0 Å². The van der Waals surface area contributed by atoms with Crippen molar-refractivity contribution >= 4 is 18.4 Å². The number of piperidine rings is 1. The van der Waals surface area contributed by atoms with Crippen LogP contribution >= 0.6 is 12.4 Å². The molecule has 21 heavy (non-hydrogen) atoms. The summed E-state index contributed by atoms with van der Waals surface area (Å²) in [6.07, 6.45) is 2.50. The molecule has 1 aliphatic rings. The van der Waals surface area contributed by atoms with Gasteiger partial charge in [0.1, 0.15) is 0 Å². The lowest BCUT2D eigenvalue weighted by Crippen LogP contribution is -2.36. The van der Waals surface area contributed by atoms with Gasteiger partial charge in [-0.3, -0.25) is 4.90 Å². The highest BCUT2D eigenvalue weighted by molar-refractivity contribution is 5.89. The van der Waals surface area contributed by atoms with Gasteiger partial charge in [-0.25, -0.2) is 4.79 Å². The van der Waals surface area contributed by atoms with Crippen molar-refractivity contribution in [1.82, 2.24) is 10.2 Å². The van der Waals surface area contributed by atoms with Crippen molar-refractivity contribution in [3.05, 3.63) is 35.4 Å². The second-order valence-corrected chi connectivity index (χ2v) is 5.47. The summed E-state index contributed by atoms with van der Waals surface area (Å²) in [6, 6.07) is 7.74. The molecule has 118 valence electrons. The molecule has 0 atom stereocenters. The first-order valence-corrected chi connectivity index (χ1v) is 7.27. The molecule has 1 heterocycles. The molecule has 2 rings (SSSR count). The van der Waals surface area contributed by atoms with E-state index in [-0.39, 0.29) is 18.4 Å². The normalized spacial score (nSPS) is 16.3. The third-order valence-corrected chi connectivity index (χ3v) is 3.95. The van der Waals surface area contributed by atoms with Gasteiger partial charge >= 0.3 is 5.97 Å². The van der Waals surface area contributed by atoms with Crippen LogP contribution in [0.5, 0.6) is 0 Å². The standard InChI is InChI=1S/C16H24N2O2.ClH/c1-17-11-13-6-8-18(9-7-13)12-14-4-3-5-15(10-14)16(19)20-2;/h3-5,10,13,17H,6-9,11-12H2,1-2H3;1H. The smallest absolute Gasteiger partial charge is 0.337 e. The van der Waals surface area contributed by atoms with Crippen LogP contribution in [0.1, 0.15) is 28.8 Å². The predicted octanol–water partition coefficient (Wildman–Crippen LogP) is 2.33. The van der Waals surface area contributed by atoms with Crippen LogP contribution in [-0.2, 0) is 11.3 Å². The van der Waals surface area contributed by atoms with Gasteiger partial charge in [0.05, 0.1) is 12.7 Å². The van der Waals surface area contributed by atoms with Crippen molar-refractivity contribution in [2.75, 3.05) is 33.8 Å². The molecular weight excluding hydrogens is 288 g/mol. The summed E-state index contributed by atoms with van der Waals surface area (Å²) in [5.74, 6) is 0.539. The van der Waals surface area contributed by atoms with Crippen molar-refractivity contribution in [2.24, 2.45) is 5.92 Å². The zero-order chi connectivity index (χ0) is 14.4. The van der Waals surface area contributed by atoms with Crippen LogP contribution in [0, 0.1) is 5.92 Å². The average Bonchev–Trinajstić information content (AvgIpc) is 2.49. The maximum Gasteiger partial charge on any atom is 0.337 e. The summed E-state index contributed by atoms with van der Waals surface area (Å²) < 4.78 is 4.76. The zero-order valence-electron chi connectivity index (χ0n) is 12.8. The molecule has 1 aromatic rings. The Morgan fingerprint density at radius 2 is 2.10 bits per heavy atom. The molecule has 4 nitrogen and oxygen atoms in total. The van der Waals surface area contributed by atoms with E-state index in [1.54, 1.807) is 6.07 Å². The summed E-state index contributed by atoms with van der Waals surface area (Å²) in [7, 11) is 3.44. The third-order valence-electron chi connectivity index (χ3n) is 3.95. The van der Waals surface area contributed by atoms with Crippen LogP contribution in [0.2, 0.25) is 0 Å². The van der Waals surface area contributed by atoms with Crippen LogP contribution in [0.15, 0.2) is 24.3 Å². The average molecular weight is 313 g/mol. The molecule has 0 saturated carbocycles. The number of rotatable bonds is 5. The van der Waals surface area contributed by atoms with E-state index in [1.807, 2.05) is 19.2 Å². The fraction of sp³-hybridized carbons (Fsp3) is 0.562. The van der Waals surface area contributed by atoms with Gasteiger partial charge in [-0.15, -0.1) is 12.4 Å². The Labute approximate surface area is 133 Å². The van der Waals surface area contributed by atoms with Gasteiger partial charge in [0.25, 0.3) is 0 Å². The first-order chi connectivity index (χ1) is 9.72. The number of methoxy groups -OCH3 is 1. The minimum Gasteiger partial charge on any atom is -0.465 e. The maximum atomic E-state index is 11.5. The van der Waals surface area contributed by atoms with E-state index in [4.69, 9.17) is 4.74 Å². The summed E-state index contributed by atoms with van der Waals surface area (Å²) in [5.41, 5.74) is 1.81. The number of benzene rings is 1. The van der Waals surface area contributed by atoms with Crippen molar-refractivity contribution < 1.29 is 9.53 Å². The van der Waals surface area contributed by atoms with Gasteiger partial charge in [-0.1, -0.05) is 12.1 Å². The van der Waals surface area contributed by atoms with Crippen molar-refractivity contribution in [2.45, 2.75) is 19.4 Å². The van der Waals surface area contributed by atoms with Crippen molar-refractivity contribution in [3.63, 3.8) is 0 Å². The van der Waals surface area contributed by atoms with Gasteiger partial charge in [-0.2, -0.15) is 0 Å². The number of halogens is 1. The minimum atomic E-state index is -0.264. The molecule has 0 spiro atoms. The highest BCUT2D eigenvalue weighted by Gasteiger charge is 2.18. The Balaban J connectivity index is 0.00000220. The van der Waals surface area contributed by atoms with Crippen LogP contribution in [0.4, 0.5) is 0 Å². The molecule has 0 amide bonds. The number of hydrogen-bond acceptors (Lipinski definition) is 4. The van der Waals surface area contributed by atoms with Gasteiger partial charge in [0.15, 0.2) is 0 Å². The molecular formula is C16H25ClN2O2. The summed E-state index contributed by atoms with van der Waals surface area (Å²) in [6.45, 7) is 4.30. The van der Waals surface area contributed by atoms with Gasteiger partial charge < -0.3 is 10.1 Å². The number of ether oxygens (including phenoxy) is 1. The van der Waals surface area contributed by atoms with Crippen molar-refractivity contribution in [3.8, 4) is 0 Å². The highest BCUT2D eigenvalue weighted by Crippen LogP contribution is 2.18. The topological polar surface area (TPSA) is 41.6 Å². The van der Waals surface area contributed by atoms with Gasteiger partial charge in [0, 0.05) is 6.54 Å². The van der Waals surface area contributed by atoms with Gasteiger partial charge in [-0.05, 0) is 63.1 Å². The second-order valence-electron chi connectivity index (χ2n) is 5.47. The van der Waals surface area contributed by atoms with E-state index in [1.165, 1.54) is 25.5 Å². The van der Waals surface area contributed by atoms with E-state index >= 15 is 0 Å². The van der Waals surface area contributed by atoms with E-state index in [2.05, 4.69) is 16.3 Å². The number of carbonyl (C=O) groups excluding carboxylic acids is 1. The largest absolute Gasteiger partial charge is 0.465 e. The van der Waals surface area contributed by atoms with E-state index in [9.17, 15) is 4.79 Å².